The molecule has 0 bridgehead atoms. The number of hydrogen-bond acceptors (Lipinski definition) is 2. The van der Waals surface area contributed by atoms with Crippen molar-refractivity contribution in [1.82, 2.24) is 4.90 Å². The van der Waals surface area contributed by atoms with Gasteiger partial charge in [0.25, 0.3) is 0 Å². The maximum absolute atomic E-state index is 6.06. The van der Waals surface area contributed by atoms with E-state index in [2.05, 4.69) is 41.3 Å². The van der Waals surface area contributed by atoms with Crippen LogP contribution in [0.15, 0.2) is 48.5 Å². The first-order valence-corrected chi connectivity index (χ1v) is 7.92. The fourth-order valence-corrected chi connectivity index (χ4v) is 3.30. The largest absolute Gasteiger partial charge is 0.329 e. The summed E-state index contributed by atoms with van der Waals surface area (Å²) in [6, 6.07) is 17.1. The standard InChI is InChI=1S/C18H21ClN2/c19-17-7-5-16(6-8-17)18(13-20)21-11-9-14-3-1-2-4-15(14)10-12-21/h1-8,18H,9-13,20H2. The Labute approximate surface area is 131 Å². The zero-order valence-electron chi connectivity index (χ0n) is 12.1. The third-order valence-corrected chi connectivity index (χ3v) is 4.63. The van der Waals surface area contributed by atoms with Crippen LogP contribution in [0.1, 0.15) is 22.7 Å². The van der Waals surface area contributed by atoms with Crippen molar-refractivity contribution in [3.8, 4) is 0 Å². The molecular formula is C18H21ClN2. The molecule has 2 aromatic carbocycles. The van der Waals surface area contributed by atoms with Gasteiger partial charge in [0.05, 0.1) is 0 Å². The van der Waals surface area contributed by atoms with Crippen LogP contribution in [0.3, 0.4) is 0 Å². The van der Waals surface area contributed by atoms with E-state index in [1.165, 1.54) is 16.7 Å². The fourth-order valence-electron chi connectivity index (χ4n) is 3.18. The van der Waals surface area contributed by atoms with Crippen molar-refractivity contribution in [1.29, 1.82) is 0 Å². The lowest BCUT2D eigenvalue weighted by Gasteiger charge is -2.30. The Hall–Kier alpha value is -1.35. The van der Waals surface area contributed by atoms with E-state index in [-0.39, 0.29) is 6.04 Å². The van der Waals surface area contributed by atoms with Gasteiger partial charge < -0.3 is 5.73 Å². The van der Waals surface area contributed by atoms with Gasteiger partial charge in [-0.2, -0.15) is 0 Å². The van der Waals surface area contributed by atoms with Gasteiger partial charge >= 0.3 is 0 Å². The summed E-state index contributed by atoms with van der Waals surface area (Å²) in [5.74, 6) is 0. The summed E-state index contributed by atoms with van der Waals surface area (Å²) in [5.41, 5.74) is 10.3. The molecular weight excluding hydrogens is 280 g/mol. The van der Waals surface area contributed by atoms with E-state index in [9.17, 15) is 0 Å². The van der Waals surface area contributed by atoms with Crippen molar-refractivity contribution in [2.24, 2.45) is 5.73 Å². The molecule has 0 aromatic heterocycles. The summed E-state index contributed by atoms with van der Waals surface area (Å²) in [5, 5.41) is 0.776. The van der Waals surface area contributed by atoms with Crippen molar-refractivity contribution in [3.63, 3.8) is 0 Å². The molecule has 1 unspecified atom stereocenters. The van der Waals surface area contributed by atoms with Crippen LogP contribution in [0.25, 0.3) is 0 Å². The smallest absolute Gasteiger partial charge is 0.0470 e. The summed E-state index contributed by atoms with van der Waals surface area (Å²) in [6.45, 7) is 2.75. The van der Waals surface area contributed by atoms with E-state index < -0.39 is 0 Å². The normalized spacial score (nSPS) is 17.0. The maximum Gasteiger partial charge on any atom is 0.0470 e. The summed E-state index contributed by atoms with van der Waals surface area (Å²) in [4.78, 5) is 2.50. The summed E-state index contributed by atoms with van der Waals surface area (Å²) < 4.78 is 0. The summed E-state index contributed by atoms with van der Waals surface area (Å²) >= 11 is 5.99. The van der Waals surface area contributed by atoms with Crippen LogP contribution in [0.2, 0.25) is 5.02 Å². The molecule has 110 valence electrons. The number of benzene rings is 2. The highest BCUT2D eigenvalue weighted by Crippen LogP contribution is 2.25. The first-order chi connectivity index (χ1) is 10.3. The third-order valence-electron chi connectivity index (χ3n) is 4.37. The molecule has 0 fully saturated rings. The van der Waals surface area contributed by atoms with Crippen LogP contribution >= 0.6 is 11.6 Å². The Kier molecular flexibility index (Phi) is 4.59. The van der Waals surface area contributed by atoms with Crippen molar-refractivity contribution >= 4 is 11.6 Å². The van der Waals surface area contributed by atoms with Gasteiger partial charge in [-0.3, -0.25) is 4.90 Å². The van der Waals surface area contributed by atoms with Crippen LogP contribution < -0.4 is 5.73 Å². The molecule has 21 heavy (non-hydrogen) atoms. The van der Waals surface area contributed by atoms with Crippen LogP contribution in [-0.2, 0) is 12.8 Å². The van der Waals surface area contributed by atoms with Gasteiger partial charge in [-0.05, 0) is 41.7 Å². The topological polar surface area (TPSA) is 29.3 Å². The van der Waals surface area contributed by atoms with Crippen LogP contribution in [0.5, 0.6) is 0 Å². The van der Waals surface area contributed by atoms with Crippen molar-refractivity contribution in [2.75, 3.05) is 19.6 Å². The minimum atomic E-state index is 0.275. The highest BCUT2D eigenvalue weighted by molar-refractivity contribution is 6.30. The highest BCUT2D eigenvalue weighted by Gasteiger charge is 2.21. The monoisotopic (exact) mass is 300 g/mol. The number of halogens is 1. The molecule has 0 spiro atoms. The Morgan fingerprint density at radius 1 is 0.952 bits per heavy atom. The van der Waals surface area contributed by atoms with Gasteiger partial charge in [-0.25, -0.2) is 0 Å². The Morgan fingerprint density at radius 3 is 2.05 bits per heavy atom. The predicted molar refractivity (Wildman–Crippen MR) is 88.7 cm³/mol. The minimum absolute atomic E-state index is 0.275. The van der Waals surface area contributed by atoms with Crippen LogP contribution in [0, 0.1) is 0 Å². The predicted octanol–water partition coefficient (Wildman–Crippen LogP) is 3.44. The Bertz CT molecular complexity index is 567. The first kappa shape index (κ1) is 14.6. The average Bonchev–Trinajstić information content (AvgIpc) is 2.73. The molecule has 1 heterocycles. The lowest BCUT2D eigenvalue weighted by atomic mass is 10.0. The quantitative estimate of drug-likeness (QED) is 0.941. The van der Waals surface area contributed by atoms with Gasteiger partial charge in [0.1, 0.15) is 0 Å². The lowest BCUT2D eigenvalue weighted by molar-refractivity contribution is 0.211. The van der Waals surface area contributed by atoms with Crippen LogP contribution in [-0.4, -0.2) is 24.5 Å². The molecule has 2 nitrogen and oxygen atoms in total. The second-order valence-corrected chi connectivity index (χ2v) is 6.04. The van der Waals surface area contributed by atoms with Crippen molar-refractivity contribution in [3.05, 3.63) is 70.2 Å². The van der Waals surface area contributed by atoms with Gasteiger partial charge in [-0.1, -0.05) is 48.0 Å². The Balaban J connectivity index is 1.78. The van der Waals surface area contributed by atoms with Gasteiger partial charge in [0.2, 0.25) is 0 Å². The molecule has 1 aliphatic rings. The van der Waals surface area contributed by atoms with Gasteiger partial charge in [0, 0.05) is 30.7 Å². The number of nitrogens with two attached hydrogens (primary N) is 1. The van der Waals surface area contributed by atoms with E-state index in [1.54, 1.807) is 0 Å². The molecule has 0 radical (unpaired) electrons. The SMILES string of the molecule is NCC(c1ccc(Cl)cc1)N1CCc2ccccc2CC1. The van der Waals surface area contributed by atoms with Gasteiger partial charge in [0.15, 0.2) is 0 Å². The Morgan fingerprint density at radius 2 is 1.52 bits per heavy atom. The second kappa shape index (κ2) is 6.61. The van der Waals surface area contributed by atoms with E-state index in [0.29, 0.717) is 6.54 Å². The van der Waals surface area contributed by atoms with E-state index >= 15 is 0 Å². The fraction of sp³-hybridized carbons (Fsp3) is 0.333. The molecule has 3 heteroatoms. The molecule has 0 aliphatic carbocycles. The summed E-state index contributed by atoms with van der Waals surface area (Å²) in [7, 11) is 0. The van der Waals surface area contributed by atoms with E-state index in [0.717, 1.165) is 31.0 Å². The molecule has 3 rings (SSSR count). The van der Waals surface area contributed by atoms with Crippen LogP contribution in [0.4, 0.5) is 0 Å². The van der Waals surface area contributed by atoms with Crippen molar-refractivity contribution in [2.45, 2.75) is 18.9 Å². The molecule has 1 atom stereocenters. The molecule has 0 amide bonds. The number of rotatable bonds is 3. The van der Waals surface area contributed by atoms with E-state index in [4.69, 9.17) is 17.3 Å². The number of nitrogens with zero attached hydrogens (tertiary/aromatic N) is 1. The number of hydrogen-bond donors (Lipinski definition) is 1. The molecule has 0 saturated heterocycles. The second-order valence-electron chi connectivity index (χ2n) is 5.61. The lowest BCUT2D eigenvalue weighted by Crippen LogP contribution is -2.35. The zero-order chi connectivity index (χ0) is 14.7. The molecule has 1 aliphatic heterocycles. The summed E-state index contributed by atoms with van der Waals surface area (Å²) in [6.07, 6.45) is 2.19. The zero-order valence-corrected chi connectivity index (χ0v) is 12.9. The third kappa shape index (κ3) is 3.29. The highest BCUT2D eigenvalue weighted by atomic mass is 35.5. The molecule has 0 saturated carbocycles. The van der Waals surface area contributed by atoms with Gasteiger partial charge in [-0.15, -0.1) is 0 Å². The van der Waals surface area contributed by atoms with Crippen molar-refractivity contribution < 1.29 is 0 Å². The maximum atomic E-state index is 6.06. The molecule has 2 aromatic rings. The first-order valence-electron chi connectivity index (χ1n) is 7.54. The van der Waals surface area contributed by atoms with E-state index in [1.807, 2.05) is 12.1 Å². The number of fused-ring (bicyclic) bond motifs is 1. The average molecular weight is 301 g/mol. The molecule has 2 N–H and O–H groups in total. The minimum Gasteiger partial charge on any atom is -0.329 e.